The molecule has 1 N–H and O–H groups in total. The van der Waals surface area contributed by atoms with Crippen molar-refractivity contribution in [1.82, 2.24) is 24.6 Å². The third-order valence-corrected chi connectivity index (χ3v) is 5.46. The van der Waals surface area contributed by atoms with E-state index in [0.717, 1.165) is 67.4 Å². The highest BCUT2D eigenvalue weighted by Crippen LogP contribution is 2.20. The van der Waals surface area contributed by atoms with Gasteiger partial charge in [0.05, 0.1) is 6.54 Å². The summed E-state index contributed by atoms with van der Waals surface area (Å²) in [4.78, 5) is 20.7. The van der Waals surface area contributed by atoms with E-state index >= 15 is 0 Å². The van der Waals surface area contributed by atoms with Gasteiger partial charge in [0.2, 0.25) is 5.13 Å². The average molecular weight is 530 g/mol. The summed E-state index contributed by atoms with van der Waals surface area (Å²) in [7, 11) is 4.02. The predicted molar refractivity (Wildman–Crippen MR) is 132 cm³/mol. The number of rotatable bonds is 6. The van der Waals surface area contributed by atoms with Crippen LogP contribution in [0, 0.1) is 0 Å². The molecule has 2 aromatic heterocycles. The fourth-order valence-electron chi connectivity index (χ4n) is 3.17. The zero-order chi connectivity index (χ0) is 19.9. The number of aromatic nitrogens is 3. The van der Waals surface area contributed by atoms with Gasteiger partial charge in [0.15, 0.2) is 5.96 Å². The van der Waals surface area contributed by atoms with Gasteiger partial charge in [0.1, 0.15) is 11.6 Å². The highest BCUT2D eigenvalue weighted by molar-refractivity contribution is 14.0. The Morgan fingerprint density at radius 1 is 1.24 bits per heavy atom. The Morgan fingerprint density at radius 2 is 2.00 bits per heavy atom. The van der Waals surface area contributed by atoms with Crippen molar-refractivity contribution in [2.24, 2.45) is 4.99 Å². The molecule has 0 aliphatic carbocycles. The van der Waals surface area contributed by atoms with E-state index in [1.54, 1.807) is 0 Å². The van der Waals surface area contributed by atoms with Crippen LogP contribution in [0.25, 0.3) is 0 Å². The molecule has 1 saturated heterocycles. The molecule has 0 saturated carbocycles. The highest BCUT2D eigenvalue weighted by atomic mass is 127. The van der Waals surface area contributed by atoms with Crippen molar-refractivity contribution in [3.8, 4) is 0 Å². The Kier molecular flexibility index (Phi) is 9.34. The molecular formula is C19H31IN8S. The minimum Gasteiger partial charge on any atom is -0.362 e. The second-order valence-electron chi connectivity index (χ2n) is 6.87. The van der Waals surface area contributed by atoms with Gasteiger partial charge in [-0.25, -0.2) is 15.0 Å². The number of hydrogen-bond donors (Lipinski definition) is 1. The van der Waals surface area contributed by atoms with Crippen LogP contribution < -0.4 is 15.1 Å². The lowest BCUT2D eigenvalue weighted by Gasteiger charge is -2.36. The molecule has 1 fully saturated rings. The number of nitrogens with one attached hydrogen (secondary N) is 1. The maximum Gasteiger partial charge on any atom is 0.205 e. The van der Waals surface area contributed by atoms with Crippen LogP contribution in [0.15, 0.2) is 23.3 Å². The largest absolute Gasteiger partial charge is 0.362 e. The van der Waals surface area contributed by atoms with Gasteiger partial charge < -0.3 is 20.0 Å². The standard InChI is InChI=1S/C19H30N8S.HI/c1-5-16-23-19(28-24-16)27-12-10-26(11-13-27)18(20-6-2)22-14-15-8-7-9-21-17(15)25(3)4;/h7-9H,5-6,10-14H2,1-4H3,(H,20,22);1H. The van der Waals surface area contributed by atoms with Gasteiger partial charge in [-0.05, 0) is 13.0 Å². The van der Waals surface area contributed by atoms with Gasteiger partial charge in [0.25, 0.3) is 0 Å². The lowest BCUT2D eigenvalue weighted by Crippen LogP contribution is -2.52. The minimum absolute atomic E-state index is 0. The molecule has 0 unspecified atom stereocenters. The van der Waals surface area contributed by atoms with Crippen molar-refractivity contribution < 1.29 is 0 Å². The van der Waals surface area contributed by atoms with Crippen molar-refractivity contribution in [2.75, 3.05) is 56.6 Å². The van der Waals surface area contributed by atoms with E-state index in [9.17, 15) is 0 Å². The van der Waals surface area contributed by atoms with E-state index in [2.05, 4.69) is 49.4 Å². The number of pyridine rings is 1. The lowest BCUT2D eigenvalue weighted by atomic mass is 10.2. The number of nitrogens with zero attached hydrogens (tertiary/aromatic N) is 7. The van der Waals surface area contributed by atoms with Crippen LogP contribution in [-0.2, 0) is 13.0 Å². The molecule has 160 valence electrons. The van der Waals surface area contributed by atoms with Crippen LogP contribution in [0.4, 0.5) is 10.9 Å². The number of aliphatic imine (C=N–C) groups is 1. The van der Waals surface area contributed by atoms with Crippen LogP contribution in [0.1, 0.15) is 25.2 Å². The van der Waals surface area contributed by atoms with E-state index in [1.807, 2.05) is 31.3 Å². The summed E-state index contributed by atoms with van der Waals surface area (Å²) in [5.41, 5.74) is 1.13. The van der Waals surface area contributed by atoms with Crippen LogP contribution in [-0.4, -0.2) is 72.0 Å². The second kappa shape index (κ2) is 11.5. The quantitative estimate of drug-likeness (QED) is 0.350. The molecule has 2 aromatic rings. The number of piperazine rings is 1. The first-order chi connectivity index (χ1) is 13.6. The number of aryl methyl sites for hydroxylation is 1. The fourth-order valence-corrected chi connectivity index (χ4v) is 3.97. The van der Waals surface area contributed by atoms with Crippen LogP contribution in [0.5, 0.6) is 0 Å². The molecule has 0 bridgehead atoms. The zero-order valence-corrected chi connectivity index (χ0v) is 20.8. The lowest BCUT2D eigenvalue weighted by molar-refractivity contribution is 0.372. The molecule has 1 aliphatic rings. The van der Waals surface area contributed by atoms with Gasteiger partial charge in [0, 0.05) is 76.5 Å². The third kappa shape index (κ3) is 6.14. The summed E-state index contributed by atoms with van der Waals surface area (Å²) in [5.74, 6) is 2.86. The van der Waals surface area contributed by atoms with E-state index in [0.29, 0.717) is 6.54 Å². The summed E-state index contributed by atoms with van der Waals surface area (Å²) < 4.78 is 4.41. The molecular weight excluding hydrogens is 499 g/mol. The van der Waals surface area contributed by atoms with Gasteiger partial charge in [-0.1, -0.05) is 13.0 Å². The maximum absolute atomic E-state index is 4.89. The zero-order valence-electron chi connectivity index (χ0n) is 17.6. The van der Waals surface area contributed by atoms with Crippen LogP contribution >= 0.6 is 35.5 Å². The summed E-state index contributed by atoms with van der Waals surface area (Å²) in [6, 6.07) is 4.06. The molecule has 0 atom stereocenters. The SMILES string of the molecule is CCNC(=NCc1cccnc1N(C)C)N1CCN(c2nc(CC)ns2)CC1.I. The number of halogens is 1. The monoisotopic (exact) mass is 530 g/mol. The first-order valence-corrected chi connectivity index (χ1v) is 10.6. The van der Waals surface area contributed by atoms with Crippen molar-refractivity contribution >= 4 is 52.4 Å². The molecule has 10 heteroatoms. The molecule has 0 spiro atoms. The third-order valence-electron chi connectivity index (χ3n) is 4.65. The van der Waals surface area contributed by atoms with Crippen molar-refractivity contribution in [3.63, 3.8) is 0 Å². The number of guanidine groups is 1. The molecule has 3 rings (SSSR count). The first kappa shape index (κ1) is 23.6. The molecule has 29 heavy (non-hydrogen) atoms. The number of anilines is 2. The molecule has 0 amide bonds. The average Bonchev–Trinajstić information content (AvgIpc) is 3.21. The summed E-state index contributed by atoms with van der Waals surface area (Å²) in [6.07, 6.45) is 2.71. The Labute approximate surface area is 194 Å². The van der Waals surface area contributed by atoms with Gasteiger partial charge in [-0.2, -0.15) is 4.37 Å². The van der Waals surface area contributed by atoms with Gasteiger partial charge in [-0.15, -0.1) is 24.0 Å². The molecule has 0 aromatic carbocycles. The predicted octanol–water partition coefficient (Wildman–Crippen LogP) is 2.47. The smallest absolute Gasteiger partial charge is 0.205 e. The highest BCUT2D eigenvalue weighted by Gasteiger charge is 2.22. The van der Waals surface area contributed by atoms with Crippen LogP contribution in [0.2, 0.25) is 0 Å². The molecule has 0 radical (unpaired) electrons. The molecule has 3 heterocycles. The van der Waals surface area contributed by atoms with E-state index in [-0.39, 0.29) is 24.0 Å². The van der Waals surface area contributed by atoms with Gasteiger partial charge in [-0.3, -0.25) is 0 Å². The molecule has 1 aliphatic heterocycles. The summed E-state index contributed by atoms with van der Waals surface area (Å²) in [6.45, 7) is 9.35. The molecule has 8 nitrogen and oxygen atoms in total. The van der Waals surface area contributed by atoms with E-state index in [1.165, 1.54) is 11.5 Å². The normalized spacial score (nSPS) is 14.6. The van der Waals surface area contributed by atoms with E-state index < -0.39 is 0 Å². The van der Waals surface area contributed by atoms with Gasteiger partial charge >= 0.3 is 0 Å². The Bertz CT molecular complexity index is 786. The Morgan fingerprint density at radius 3 is 2.62 bits per heavy atom. The maximum atomic E-state index is 4.89. The Balaban J connectivity index is 0.00000300. The second-order valence-corrected chi connectivity index (χ2v) is 7.60. The number of hydrogen-bond acceptors (Lipinski definition) is 7. The van der Waals surface area contributed by atoms with Crippen LogP contribution in [0.3, 0.4) is 0 Å². The topological polar surface area (TPSA) is 72.8 Å². The van der Waals surface area contributed by atoms with E-state index in [4.69, 9.17) is 4.99 Å². The summed E-state index contributed by atoms with van der Waals surface area (Å²) >= 11 is 1.50. The van der Waals surface area contributed by atoms with Crippen molar-refractivity contribution in [2.45, 2.75) is 26.8 Å². The van der Waals surface area contributed by atoms with Crippen molar-refractivity contribution in [1.29, 1.82) is 0 Å². The van der Waals surface area contributed by atoms with Crippen molar-refractivity contribution in [3.05, 3.63) is 29.7 Å². The summed E-state index contributed by atoms with van der Waals surface area (Å²) in [5, 5.41) is 4.47. The first-order valence-electron chi connectivity index (χ1n) is 9.84. The Hall–Kier alpha value is -1.69. The minimum atomic E-state index is 0. The fraction of sp³-hybridized carbons (Fsp3) is 0.579.